The third kappa shape index (κ3) is 8.98. The average Bonchev–Trinajstić information content (AvgIpc) is 3.16. The highest BCUT2D eigenvalue weighted by molar-refractivity contribution is 5.91. The molecule has 1 heterocycles. The molecule has 1 unspecified atom stereocenters. The normalized spacial score (nSPS) is 20.2. The highest BCUT2D eigenvalue weighted by Gasteiger charge is 2.51. The third-order valence-electron chi connectivity index (χ3n) is 7.89. The first-order valence-electron chi connectivity index (χ1n) is 15.9. The Labute approximate surface area is 284 Å². The van der Waals surface area contributed by atoms with E-state index in [0.29, 0.717) is 22.6 Å². The average molecular weight is 661 g/mol. The summed E-state index contributed by atoms with van der Waals surface area (Å²) in [6.07, 6.45) is -5.00. The lowest BCUT2D eigenvalue weighted by atomic mass is 9.97. The number of ether oxygens (including phenoxy) is 6. The molecular formula is C40H36O9. The summed E-state index contributed by atoms with van der Waals surface area (Å²) >= 11 is 0. The Kier molecular flexibility index (Phi) is 11.4. The minimum Gasteiger partial charge on any atom is -0.461 e. The van der Waals surface area contributed by atoms with E-state index < -0.39 is 49.3 Å². The summed E-state index contributed by atoms with van der Waals surface area (Å²) in [5.74, 6) is -0.455. The van der Waals surface area contributed by atoms with Gasteiger partial charge in [0.25, 0.3) is 0 Å². The molecule has 9 nitrogen and oxygen atoms in total. The molecule has 0 saturated carbocycles. The molecule has 0 bridgehead atoms. The van der Waals surface area contributed by atoms with Crippen LogP contribution in [0.2, 0.25) is 0 Å². The number of rotatable bonds is 13. The molecule has 1 saturated heterocycles. The van der Waals surface area contributed by atoms with Crippen LogP contribution in [0.25, 0.3) is 0 Å². The Balaban J connectivity index is 1.28. The summed E-state index contributed by atoms with van der Waals surface area (Å²) in [4.78, 5) is 26.1. The maximum absolute atomic E-state index is 13.5. The van der Waals surface area contributed by atoms with Crippen molar-refractivity contribution in [3.63, 3.8) is 0 Å². The van der Waals surface area contributed by atoms with Gasteiger partial charge in [-0.25, -0.2) is 9.59 Å². The number of carbonyl (C=O) groups is 2. The number of hydrogen-bond donors (Lipinski definition) is 1. The maximum Gasteiger partial charge on any atom is 0.343 e. The van der Waals surface area contributed by atoms with Gasteiger partial charge in [-0.05, 0) is 59.7 Å². The van der Waals surface area contributed by atoms with E-state index >= 15 is 0 Å². The molecule has 1 aliphatic heterocycles. The Morgan fingerprint density at radius 2 is 1.02 bits per heavy atom. The number of aliphatic hydroxyl groups excluding tert-OH is 1. The van der Waals surface area contributed by atoms with Crippen LogP contribution in [0.3, 0.4) is 0 Å². The van der Waals surface area contributed by atoms with Crippen LogP contribution in [-0.4, -0.2) is 54.4 Å². The summed E-state index contributed by atoms with van der Waals surface area (Å²) in [6.45, 7) is -0.0503. The highest BCUT2D eigenvalue weighted by Crippen LogP contribution is 2.32. The Morgan fingerprint density at radius 3 is 1.55 bits per heavy atom. The molecule has 5 aromatic carbocycles. The topological polar surface area (TPSA) is 110 Å². The van der Waals surface area contributed by atoms with Gasteiger partial charge in [0.05, 0.1) is 30.9 Å². The Morgan fingerprint density at radius 1 is 0.551 bits per heavy atom. The summed E-state index contributed by atoms with van der Waals surface area (Å²) in [7, 11) is 0. The van der Waals surface area contributed by atoms with Gasteiger partial charge in [0.1, 0.15) is 29.8 Å². The van der Waals surface area contributed by atoms with Gasteiger partial charge >= 0.3 is 11.9 Å². The van der Waals surface area contributed by atoms with E-state index in [1.165, 1.54) is 0 Å². The van der Waals surface area contributed by atoms with Gasteiger partial charge in [0.15, 0.2) is 6.10 Å². The summed E-state index contributed by atoms with van der Waals surface area (Å²) in [5, 5.41) is 10.5. The van der Waals surface area contributed by atoms with Gasteiger partial charge in [-0.2, -0.15) is 0 Å². The lowest BCUT2D eigenvalue weighted by Crippen LogP contribution is -2.62. The Hall–Kier alpha value is -5.32. The fraction of sp³-hybridized carbons (Fsp3) is 0.200. The summed E-state index contributed by atoms with van der Waals surface area (Å²) in [5.41, 5.74) is 2.55. The molecule has 9 heteroatoms. The van der Waals surface area contributed by atoms with Gasteiger partial charge in [0, 0.05) is 0 Å². The molecule has 0 radical (unpaired) electrons. The van der Waals surface area contributed by atoms with E-state index in [2.05, 4.69) is 0 Å². The smallest absolute Gasteiger partial charge is 0.343 e. The van der Waals surface area contributed by atoms with E-state index in [1.807, 2.05) is 66.7 Å². The third-order valence-corrected chi connectivity index (χ3v) is 7.89. The standard InChI is InChI=1S/C40H36O9/c41-25-34-35(44-26-28-13-5-1-6-14-28)36(45-27-29-15-7-2-8-16-29)37(49-39(43)31-19-11-4-12-20-31)40(48-34)47-33-23-21-32(22-24-33)46-38(42)30-17-9-3-10-18-30/h1-24,34-37,40-41H,25-27H2/t34-,35-,36+,37-,40?/m1/s1. The first kappa shape index (κ1) is 33.6. The van der Waals surface area contributed by atoms with Crippen molar-refractivity contribution in [3.05, 3.63) is 168 Å². The van der Waals surface area contributed by atoms with Crippen molar-refractivity contribution in [2.45, 2.75) is 43.9 Å². The molecule has 5 aromatic rings. The van der Waals surface area contributed by atoms with E-state index in [9.17, 15) is 14.7 Å². The van der Waals surface area contributed by atoms with Gasteiger partial charge in [-0.15, -0.1) is 0 Å². The van der Waals surface area contributed by atoms with Crippen LogP contribution < -0.4 is 9.47 Å². The summed E-state index contributed by atoms with van der Waals surface area (Å²) < 4.78 is 37.1. The van der Waals surface area contributed by atoms with Gasteiger partial charge in [-0.3, -0.25) is 0 Å². The number of hydrogen-bond acceptors (Lipinski definition) is 9. The largest absolute Gasteiger partial charge is 0.461 e. The van der Waals surface area contributed by atoms with Crippen LogP contribution in [0.1, 0.15) is 31.8 Å². The minimum absolute atomic E-state index is 0.169. The second-order valence-corrected chi connectivity index (χ2v) is 11.3. The van der Waals surface area contributed by atoms with Crippen molar-refractivity contribution in [1.82, 2.24) is 0 Å². The molecular weight excluding hydrogens is 624 g/mol. The van der Waals surface area contributed by atoms with Crippen LogP contribution in [0.5, 0.6) is 11.5 Å². The van der Waals surface area contributed by atoms with Crippen molar-refractivity contribution in [2.75, 3.05) is 6.61 Å². The molecule has 0 aliphatic carbocycles. The monoisotopic (exact) mass is 660 g/mol. The lowest BCUT2D eigenvalue weighted by molar-refractivity contribution is -0.296. The Bertz CT molecular complexity index is 1750. The highest BCUT2D eigenvalue weighted by atomic mass is 16.7. The van der Waals surface area contributed by atoms with Crippen LogP contribution >= 0.6 is 0 Å². The number of benzene rings is 5. The molecule has 0 aromatic heterocycles. The zero-order chi connectivity index (χ0) is 33.8. The predicted molar refractivity (Wildman–Crippen MR) is 180 cm³/mol. The van der Waals surface area contributed by atoms with Crippen molar-refractivity contribution in [1.29, 1.82) is 0 Å². The van der Waals surface area contributed by atoms with E-state index in [1.54, 1.807) is 78.9 Å². The van der Waals surface area contributed by atoms with Crippen molar-refractivity contribution in [3.8, 4) is 11.5 Å². The van der Waals surface area contributed by atoms with Crippen molar-refractivity contribution in [2.24, 2.45) is 0 Å². The van der Waals surface area contributed by atoms with Crippen LogP contribution in [0, 0.1) is 0 Å². The second-order valence-electron chi connectivity index (χ2n) is 11.3. The molecule has 5 atom stereocenters. The zero-order valence-corrected chi connectivity index (χ0v) is 26.6. The van der Waals surface area contributed by atoms with Gasteiger partial charge in [0.2, 0.25) is 6.29 Å². The van der Waals surface area contributed by atoms with E-state index in [-0.39, 0.29) is 13.2 Å². The SMILES string of the molecule is O=C(Oc1ccc(OC2O[C@H](CO)[C@@H](OCc3ccccc3)[C@H](OCc3ccccc3)[C@H]2OC(=O)c2ccccc2)cc1)c1ccccc1. The molecule has 0 spiro atoms. The fourth-order valence-corrected chi connectivity index (χ4v) is 5.40. The van der Waals surface area contributed by atoms with Crippen LogP contribution in [-0.2, 0) is 32.2 Å². The van der Waals surface area contributed by atoms with Crippen LogP contribution in [0.4, 0.5) is 0 Å². The molecule has 1 fully saturated rings. The second kappa shape index (κ2) is 16.7. The van der Waals surface area contributed by atoms with E-state index in [4.69, 9.17) is 28.4 Å². The first-order chi connectivity index (χ1) is 24.1. The number of esters is 2. The molecule has 0 amide bonds. The maximum atomic E-state index is 13.5. The van der Waals surface area contributed by atoms with E-state index in [0.717, 1.165) is 11.1 Å². The quantitative estimate of drug-likeness (QED) is 0.113. The molecule has 250 valence electrons. The fourth-order valence-electron chi connectivity index (χ4n) is 5.40. The van der Waals surface area contributed by atoms with Crippen LogP contribution in [0.15, 0.2) is 146 Å². The van der Waals surface area contributed by atoms with Gasteiger partial charge in [-0.1, -0.05) is 97.1 Å². The molecule has 1 N–H and O–H groups in total. The van der Waals surface area contributed by atoms with Crippen molar-refractivity contribution >= 4 is 11.9 Å². The predicted octanol–water partition coefficient (Wildman–Crippen LogP) is 6.40. The molecule has 6 rings (SSSR count). The van der Waals surface area contributed by atoms with Gasteiger partial charge < -0.3 is 33.5 Å². The molecule has 49 heavy (non-hydrogen) atoms. The zero-order valence-electron chi connectivity index (χ0n) is 26.6. The first-order valence-corrected chi connectivity index (χ1v) is 15.9. The van der Waals surface area contributed by atoms with Crippen molar-refractivity contribution < 1.29 is 43.1 Å². The lowest BCUT2D eigenvalue weighted by Gasteiger charge is -2.45. The molecule has 1 aliphatic rings. The number of carbonyl (C=O) groups excluding carboxylic acids is 2. The minimum atomic E-state index is -1.21. The summed E-state index contributed by atoms with van der Waals surface area (Å²) in [6, 6.07) is 42.8. The number of aliphatic hydroxyl groups is 1.